The highest BCUT2D eigenvalue weighted by Crippen LogP contribution is 2.30. The maximum Gasteiger partial charge on any atom is 0.0266 e. The third-order valence-corrected chi connectivity index (χ3v) is 6.01. The van der Waals surface area contributed by atoms with Crippen LogP contribution in [0, 0.1) is 5.92 Å². The highest BCUT2D eigenvalue weighted by Gasteiger charge is 2.13. The zero-order chi connectivity index (χ0) is 25.5. The van der Waals surface area contributed by atoms with Crippen molar-refractivity contribution in [1.82, 2.24) is 0 Å². The fraction of sp³-hybridized carbons (Fsp3) is 0.364. The van der Waals surface area contributed by atoms with E-state index in [-0.39, 0.29) is 0 Å². The van der Waals surface area contributed by atoms with Crippen LogP contribution >= 0.6 is 0 Å². The molecule has 1 heteroatoms. The lowest BCUT2D eigenvalue weighted by Crippen LogP contribution is -2.04. The minimum absolute atomic E-state index is 0.555. The van der Waals surface area contributed by atoms with Crippen molar-refractivity contribution in [2.24, 2.45) is 10.9 Å². The van der Waals surface area contributed by atoms with E-state index in [2.05, 4.69) is 101 Å². The Morgan fingerprint density at radius 3 is 2.15 bits per heavy atom. The Kier molecular flexibility index (Phi) is 13.5. The first kappa shape index (κ1) is 29.1. The maximum atomic E-state index is 4.31. The van der Waals surface area contributed by atoms with Gasteiger partial charge < -0.3 is 0 Å². The monoisotopic (exact) mass is 455 g/mol. The number of benzene rings is 1. The van der Waals surface area contributed by atoms with Gasteiger partial charge in [-0.1, -0.05) is 93.1 Å². The molecule has 1 aromatic rings. The second kappa shape index (κ2) is 15.8. The Morgan fingerprint density at radius 2 is 1.59 bits per heavy atom. The SMILES string of the molecule is C=C(/C=C(C)\C=C/C)CC(=C)c1ccc(/C(C)=C/C(=C(C)/C=C\N=C/C)C(CC)CCC)cc1. The third-order valence-electron chi connectivity index (χ3n) is 6.01. The minimum Gasteiger partial charge on any atom is -0.269 e. The summed E-state index contributed by atoms with van der Waals surface area (Å²) in [7, 11) is 0. The standard InChI is InChI=1S/C33H45N/c1-10-14-25(5)22-26(6)23-28(8)31-16-18-32(19-17-31)29(9)24-33(30(12-3)15-11-2)27(7)20-21-34-13-4/h10,13-14,16-22,24,30H,6,8,11-12,15,23H2,1-5,7,9H3/b14-10-,21-20-,25-22-,29-24+,33-27-,34-13-. The molecule has 0 saturated heterocycles. The molecule has 0 aliphatic carbocycles. The topological polar surface area (TPSA) is 12.4 Å². The number of nitrogens with zero attached hydrogens (tertiary/aromatic N) is 1. The number of allylic oxidation sites excluding steroid dienone is 11. The molecule has 182 valence electrons. The molecule has 1 rings (SSSR count). The number of rotatable bonds is 13. The maximum absolute atomic E-state index is 4.31. The molecule has 0 bridgehead atoms. The average Bonchev–Trinajstić information content (AvgIpc) is 2.81. The van der Waals surface area contributed by atoms with E-state index in [1.165, 1.54) is 46.3 Å². The summed E-state index contributed by atoms with van der Waals surface area (Å²) in [5, 5.41) is 0. The van der Waals surface area contributed by atoms with Gasteiger partial charge in [-0.25, -0.2) is 0 Å². The van der Waals surface area contributed by atoms with Gasteiger partial charge in [0.15, 0.2) is 0 Å². The van der Waals surface area contributed by atoms with Crippen LogP contribution in [0.2, 0.25) is 0 Å². The Hall–Kier alpha value is -2.93. The molecule has 0 saturated carbocycles. The molecule has 1 nitrogen and oxygen atoms in total. The Labute approximate surface area is 209 Å². The molecular formula is C33H45N. The van der Waals surface area contributed by atoms with Gasteiger partial charge in [-0.3, -0.25) is 4.99 Å². The smallest absolute Gasteiger partial charge is 0.0266 e. The molecule has 0 N–H and O–H groups in total. The van der Waals surface area contributed by atoms with Crippen molar-refractivity contribution in [2.45, 2.75) is 74.1 Å². The van der Waals surface area contributed by atoms with E-state index in [0.717, 1.165) is 24.0 Å². The lowest BCUT2D eigenvalue weighted by molar-refractivity contribution is 0.541. The van der Waals surface area contributed by atoms with Crippen LogP contribution in [-0.4, -0.2) is 6.21 Å². The Morgan fingerprint density at radius 1 is 0.941 bits per heavy atom. The highest BCUT2D eigenvalue weighted by atomic mass is 14.6. The molecular weight excluding hydrogens is 410 g/mol. The van der Waals surface area contributed by atoms with Crippen LogP contribution in [0.25, 0.3) is 11.1 Å². The van der Waals surface area contributed by atoms with Crippen molar-refractivity contribution in [3.8, 4) is 0 Å². The number of aliphatic imine (C=N–C) groups is 1. The summed E-state index contributed by atoms with van der Waals surface area (Å²) in [4.78, 5) is 4.25. The minimum atomic E-state index is 0.555. The summed E-state index contributed by atoms with van der Waals surface area (Å²) in [5.41, 5.74) is 9.77. The van der Waals surface area contributed by atoms with Crippen molar-refractivity contribution in [1.29, 1.82) is 0 Å². The van der Waals surface area contributed by atoms with Gasteiger partial charge in [0.25, 0.3) is 0 Å². The first-order valence-corrected chi connectivity index (χ1v) is 12.6. The summed E-state index contributed by atoms with van der Waals surface area (Å²) < 4.78 is 0. The van der Waals surface area contributed by atoms with Crippen molar-refractivity contribution in [2.75, 3.05) is 0 Å². The summed E-state index contributed by atoms with van der Waals surface area (Å²) >= 11 is 0. The molecule has 0 aromatic heterocycles. The zero-order valence-corrected chi connectivity index (χ0v) is 22.6. The van der Waals surface area contributed by atoms with Gasteiger partial charge in [-0.05, 0) is 99.3 Å². The normalized spacial score (nSPS) is 14.8. The van der Waals surface area contributed by atoms with Gasteiger partial charge in [0.1, 0.15) is 0 Å². The molecule has 0 amide bonds. The van der Waals surface area contributed by atoms with Gasteiger partial charge in [-0.15, -0.1) is 0 Å². The summed E-state index contributed by atoms with van der Waals surface area (Å²) in [6, 6.07) is 8.78. The van der Waals surface area contributed by atoms with Crippen LogP contribution in [-0.2, 0) is 0 Å². The predicted octanol–water partition coefficient (Wildman–Crippen LogP) is 10.3. The van der Waals surface area contributed by atoms with E-state index in [0.29, 0.717) is 5.92 Å². The van der Waals surface area contributed by atoms with Gasteiger partial charge in [0.2, 0.25) is 0 Å². The zero-order valence-electron chi connectivity index (χ0n) is 22.6. The largest absolute Gasteiger partial charge is 0.269 e. The van der Waals surface area contributed by atoms with Gasteiger partial charge in [-0.2, -0.15) is 0 Å². The molecule has 0 radical (unpaired) electrons. The first-order valence-electron chi connectivity index (χ1n) is 12.6. The molecule has 34 heavy (non-hydrogen) atoms. The average molecular weight is 456 g/mol. The van der Waals surface area contributed by atoms with Crippen LogP contribution < -0.4 is 0 Å². The van der Waals surface area contributed by atoms with E-state index in [4.69, 9.17) is 0 Å². The molecule has 0 aliphatic heterocycles. The molecule has 1 unspecified atom stereocenters. The van der Waals surface area contributed by atoms with Crippen LogP contribution in [0.1, 0.15) is 85.3 Å². The van der Waals surface area contributed by atoms with Gasteiger partial charge in [0.05, 0.1) is 0 Å². The second-order valence-corrected chi connectivity index (χ2v) is 8.99. The molecule has 0 heterocycles. The van der Waals surface area contributed by atoms with E-state index >= 15 is 0 Å². The molecule has 0 aliphatic rings. The van der Waals surface area contributed by atoms with Crippen molar-refractivity contribution in [3.05, 3.63) is 107 Å². The van der Waals surface area contributed by atoms with Crippen LogP contribution in [0.5, 0.6) is 0 Å². The van der Waals surface area contributed by atoms with E-state index < -0.39 is 0 Å². The van der Waals surface area contributed by atoms with Crippen LogP contribution in [0.3, 0.4) is 0 Å². The fourth-order valence-electron chi connectivity index (χ4n) is 4.16. The number of hydrogen-bond donors (Lipinski definition) is 0. The summed E-state index contributed by atoms with van der Waals surface area (Å²) in [6.07, 6.45) is 18.8. The first-order chi connectivity index (χ1) is 16.3. The lowest BCUT2D eigenvalue weighted by Gasteiger charge is -2.19. The highest BCUT2D eigenvalue weighted by molar-refractivity contribution is 5.71. The van der Waals surface area contributed by atoms with Gasteiger partial charge >= 0.3 is 0 Å². The summed E-state index contributed by atoms with van der Waals surface area (Å²) in [6.45, 7) is 23.5. The quantitative estimate of drug-likeness (QED) is 0.207. The predicted molar refractivity (Wildman–Crippen MR) is 156 cm³/mol. The van der Waals surface area contributed by atoms with E-state index in [9.17, 15) is 0 Å². The molecule has 0 spiro atoms. The number of hydrogen-bond acceptors (Lipinski definition) is 1. The van der Waals surface area contributed by atoms with Crippen LogP contribution in [0.4, 0.5) is 0 Å². The second-order valence-electron chi connectivity index (χ2n) is 8.99. The Balaban J connectivity index is 3.16. The van der Waals surface area contributed by atoms with Gasteiger partial charge in [0, 0.05) is 12.4 Å². The third kappa shape index (κ3) is 9.91. The Bertz CT molecular complexity index is 987. The van der Waals surface area contributed by atoms with Crippen molar-refractivity contribution in [3.63, 3.8) is 0 Å². The van der Waals surface area contributed by atoms with E-state index in [1.807, 2.05) is 32.3 Å². The van der Waals surface area contributed by atoms with Crippen molar-refractivity contribution >= 4 is 17.4 Å². The molecule has 0 fully saturated rings. The van der Waals surface area contributed by atoms with E-state index in [1.54, 1.807) is 0 Å². The lowest BCUT2D eigenvalue weighted by atomic mass is 9.86. The summed E-state index contributed by atoms with van der Waals surface area (Å²) in [5.74, 6) is 0.555. The van der Waals surface area contributed by atoms with Crippen LogP contribution in [0.15, 0.2) is 101 Å². The molecule has 1 aromatic carbocycles. The fourth-order valence-corrected chi connectivity index (χ4v) is 4.16. The van der Waals surface area contributed by atoms with Crippen molar-refractivity contribution < 1.29 is 0 Å². The molecule has 1 atom stereocenters.